The fourth-order valence-corrected chi connectivity index (χ4v) is 5.21. The molecular weight excluding hydrogens is 533 g/mol. The molecule has 2 aliphatic heterocycles. The average molecular weight is 558 g/mol. The molecule has 38 heavy (non-hydrogen) atoms. The summed E-state index contributed by atoms with van der Waals surface area (Å²) in [4.78, 5) is 37.8. The lowest BCUT2D eigenvalue weighted by Gasteiger charge is -2.40. The van der Waals surface area contributed by atoms with E-state index in [0.29, 0.717) is 48.7 Å². The van der Waals surface area contributed by atoms with Gasteiger partial charge in [-0.2, -0.15) is 0 Å². The maximum Gasteiger partial charge on any atom is 0.257 e. The van der Waals surface area contributed by atoms with Gasteiger partial charge in [0, 0.05) is 38.3 Å². The molecule has 2 aromatic carbocycles. The molecule has 9 nitrogen and oxygen atoms in total. The number of anilines is 1. The molecule has 1 atom stereocenters. The zero-order chi connectivity index (χ0) is 26.6. The van der Waals surface area contributed by atoms with E-state index >= 15 is 0 Å². The molecule has 1 N–H and O–H groups in total. The monoisotopic (exact) mass is 557 g/mol. The molecule has 2 amide bonds. The number of thioether (sulfide) groups is 1. The van der Waals surface area contributed by atoms with Crippen molar-refractivity contribution in [1.82, 2.24) is 20.2 Å². The molecule has 12 heteroatoms. The summed E-state index contributed by atoms with van der Waals surface area (Å²) in [5, 5.41) is 3.51. The summed E-state index contributed by atoms with van der Waals surface area (Å²) >= 11 is 7.45. The van der Waals surface area contributed by atoms with E-state index in [1.807, 2.05) is 30.0 Å². The summed E-state index contributed by atoms with van der Waals surface area (Å²) in [6.07, 6.45) is 0. The molecule has 3 aromatic rings. The van der Waals surface area contributed by atoms with Gasteiger partial charge in [0.05, 0.1) is 11.3 Å². The van der Waals surface area contributed by atoms with Crippen LogP contribution in [0.15, 0.2) is 53.7 Å². The Balaban J connectivity index is 1.16. The molecule has 2 aliphatic rings. The molecule has 0 saturated carbocycles. The largest absolute Gasteiger partial charge is 0.454 e. The molecular formula is C26H25ClFN5O4S. The molecule has 1 aromatic heterocycles. The van der Waals surface area contributed by atoms with Crippen LogP contribution < -0.4 is 19.7 Å². The van der Waals surface area contributed by atoms with Crippen molar-refractivity contribution in [1.29, 1.82) is 0 Å². The van der Waals surface area contributed by atoms with Gasteiger partial charge in [-0.3, -0.25) is 9.59 Å². The van der Waals surface area contributed by atoms with Crippen molar-refractivity contribution in [3.05, 3.63) is 70.6 Å². The summed E-state index contributed by atoms with van der Waals surface area (Å²) in [5.41, 5.74) is 0.962. The third-order valence-electron chi connectivity index (χ3n) is 6.24. The van der Waals surface area contributed by atoms with Gasteiger partial charge in [-0.05, 0) is 36.8 Å². The fourth-order valence-electron chi connectivity index (χ4n) is 4.30. The predicted molar refractivity (Wildman–Crippen MR) is 141 cm³/mol. The Kier molecular flexibility index (Phi) is 7.85. The average Bonchev–Trinajstić information content (AvgIpc) is 3.38. The zero-order valence-corrected chi connectivity index (χ0v) is 22.1. The minimum atomic E-state index is -0.531. The molecule has 0 aliphatic carbocycles. The maximum absolute atomic E-state index is 14.1. The second kappa shape index (κ2) is 11.4. The van der Waals surface area contributed by atoms with Crippen LogP contribution in [0.5, 0.6) is 11.5 Å². The topological polar surface area (TPSA) is 96.9 Å². The second-order valence-corrected chi connectivity index (χ2v) is 10.2. The van der Waals surface area contributed by atoms with Crippen molar-refractivity contribution < 1.29 is 23.5 Å². The first-order valence-electron chi connectivity index (χ1n) is 12.0. The van der Waals surface area contributed by atoms with Gasteiger partial charge in [0.2, 0.25) is 12.7 Å². The molecule has 1 saturated heterocycles. The Labute approximate surface area is 228 Å². The number of carbonyl (C=O) groups excluding carboxylic acids is 2. The molecule has 1 fully saturated rings. The fraction of sp³-hybridized carbons (Fsp3) is 0.308. The van der Waals surface area contributed by atoms with Crippen molar-refractivity contribution >= 4 is 41.0 Å². The number of nitrogens with one attached hydrogen (secondary N) is 1. The Morgan fingerprint density at radius 2 is 1.95 bits per heavy atom. The molecule has 0 radical (unpaired) electrons. The highest BCUT2D eigenvalue weighted by Gasteiger charge is 2.30. The molecule has 0 spiro atoms. The number of piperazine rings is 1. The number of benzene rings is 2. The first kappa shape index (κ1) is 26.1. The highest BCUT2D eigenvalue weighted by molar-refractivity contribution is 7.99. The van der Waals surface area contributed by atoms with Gasteiger partial charge in [-0.15, -0.1) is 0 Å². The van der Waals surface area contributed by atoms with Gasteiger partial charge in [0.25, 0.3) is 5.91 Å². The van der Waals surface area contributed by atoms with Crippen molar-refractivity contribution in [2.24, 2.45) is 0 Å². The highest BCUT2D eigenvalue weighted by atomic mass is 35.5. The van der Waals surface area contributed by atoms with Crippen molar-refractivity contribution in [3.63, 3.8) is 0 Å². The van der Waals surface area contributed by atoms with Crippen LogP contribution in [0.3, 0.4) is 0 Å². The van der Waals surface area contributed by atoms with Crippen LogP contribution in [0.4, 0.5) is 10.2 Å². The van der Waals surface area contributed by atoms with Crippen molar-refractivity contribution in [2.45, 2.75) is 24.7 Å². The van der Waals surface area contributed by atoms with Crippen LogP contribution >= 0.6 is 23.4 Å². The van der Waals surface area contributed by atoms with E-state index < -0.39 is 5.82 Å². The van der Waals surface area contributed by atoms with E-state index in [1.165, 1.54) is 23.9 Å². The molecule has 3 heterocycles. The third-order valence-corrected chi connectivity index (χ3v) is 7.28. The number of carbonyl (C=O) groups is 2. The standard InChI is InChI=1S/C26H25ClFN5O4S/c1-16-13-32(8-9-33(16)25(35)18-4-2-3-5-19(18)28)23-11-22(27)30-26(31-23)38-14-24(34)29-12-17-6-7-20-21(10-17)37-15-36-20/h2-7,10-11,16H,8-9,12-15H2,1H3,(H,29,34). The third kappa shape index (κ3) is 5.94. The number of aromatic nitrogens is 2. The van der Waals surface area contributed by atoms with Gasteiger partial charge in [0.1, 0.15) is 16.8 Å². The number of rotatable bonds is 7. The second-order valence-electron chi connectivity index (χ2n) is 8.86. The lowest BCUT2D eigenvalue weighted by Crippen LogP contribution is -2.54. The first-order chi connectivity index (χ1) is 18.4. The number of hydrogen-bond donors (Lipinski definition) is 1. The van der Waals surface area contributed by atoms with Crippen LogP contribution in [0.2, 0.25) is 5.15 Å². The number of nitrogens with zero attached hydrogens (tertiary/aromatic N) is 4. The number of fused-ring (bicyclic) bond motifs is 1. The minimum Gasteiger partial charge on any atom is -0.454 e. The van der Waals surface area contributed by atoms with E-state index in [2.05, 4.69) is 15.3 Å². The Hall–Kier alpha value is -3.57. The number of halogens is 2. The van der Waals surface area contributed by atoms with Gasteiger partial charge in [-0.1, -0.05) is 41.6 Å². The summed E-state index contributed by atoms with van der Waals surface area (Å²) < 4.78 is 24.8. The highest BCUT2D eigenvalue weighted by Crippen LogP contribution is 2.32. The van der Waals surface area contributed by atoms with Crippen LogP contribution in [0.1, 0.15) is 22.8 Å². The normalized spacial score (nSPS) is 16.4. The molecule has 5 rings (SSSR count). The van der Waals surface area contributed by atoms with Crippen molar-refractivity contribution in [3.8, 4) is 11.5 Å². The Morgan fingerprint density at radius 1 is 1.13 bits per heavy atom. The van der Waals surface area contributed by atoms with Gasteiger partial charge >= 0.3 is 0 Å². The maximum atomic E-state index is 14.1. The first-order valence-corrected chi connectivity index (χ1v) is 13.4. The van der Waals surface area contributed by atoms with Crippen LogP contribution in [0, 0.1) is 5.82 Å². The van der Waals surface area contributed by atoms with Gasteiger partial charge in [0.15, 0.2) is 16.7 Å². The van der Waals surface area contributed by atoms with Crippen LogP contribution in [-0.4, -0.2) is 64.9 Å². The summed E-state index contributed by atoms with van der Waals surface area (Å²) in [7, 11) is 0. The van der Waals surface area contributed by atoms with Crippen LogP contribution in [0.25, 0.3) is 0 Å². The summed E-state index contributed by atoms with van der Waals surface area (Å²) in [6, 6.07) is 13.0. The lowest BCUT2D eigenvalue weighted by atomic mass is 10.1. The molecule has 1 unspecified atom stereocenters. The summed E-state index contributed by atoms with van der Waals surface area (Å²) in [6.45, 7) is 3.86. The minimum absolute atomic E-state index is 0.0633. The predicted octanol–water partition coefficient (Wildman–Crippen LogP) is 3.76. The van der Waals surface area contributed by atoms with E-state index in [0.717, 1.165) is 5.56 Å². The number of amides is 2. The van der Waals surface area contributed by atoms with Crippen molar-refractivity contribution in [2.75, 3.05) is 37.1 Å². The summed E-state index contributed by atoms with van der Waals surface area (Å²) in [5.74, 6) is 1.04. The Bertz CT molecular complexity index is 1360. The van der Waals surface area contributed by atoms with Gasteiger partial charge in [-0.25, -0.2) is 14.4 Å². The molecule has 198 valence electrons. The number of ether oxygens (including phenoxy) is 2. The van der Waals surface area contributed by atoms with E-state index in [1.54, 1.807) is 23.1 Å². The van der Waals surface area contributed by atoms with E-state index in [9.17, 15) is 14.0 Å². The van der Waals surface area contributed by atoms with E-state index in [4.69, 9.17) is 21.1 Å². The smallest absolute Gasteiger partial charge is 0.257 e. The van der Waals surface area contributed by atoms with Gasteiger partial charge < -0.3 is 24.6 Å². The van der Waals surface area contributed by atoms with E-state index in [-0.39, 0.29) is 41.1 Å². The van der Waals surface area contributed by atoms with Crippen LogP contribution in [-0.2, 0) is 11.3 Å². The Morgan fingerprint density at radius 3 is 2.76 bits per heavy atom. The quantitative estimate of drug-likeness (QED) is 0.266. The number of hydrogen-bond acceptors (Lipinski definition) is 8. The SMILES string of the molecule is CC1CN(c2cc(Cl)nc(SCC(=O)NCc3ccc4c(c3)OCO4)n2)CCN1C(=O)c1ccccc1F. The molecule has 0 bridgehead atoms. The zero-order valence-electron chi connectivity index (χ0n) is 20.5. The lowest BCUT2D eigenvalue weighted by molar-refractivity contribution is -0.118.